The molecular formula is C15H23FN2O. The second kappa shape index (κ2) is 6.98. The summed E-state index contributed by atoms with van der Waals surface area (Å²) >= 11 is 0. The molecule has 3 nitrogen and oxygen atoms in total. The number of hydrogen-bond acceptors (Lipinski definition) is 3. The molecule has 1 aromatic carbocycles. The van der Waals surface area contributed by atoms with Gasteiger partial charge in [-0.05, 0) is 18.6 Å². The van der Waals surface area contributed by atoms with Crippen molar-refractivity contribution in [3.8, 4) is 0 Å². The molecule has 0 amide bonds. The fourth-order valence-corrected chi connectivity index (χ4v) is 2.41. The maximum absolute atomic E-state index is 13.8. The van der Waals surface area contributed by atoms with Crippen LogP contribution in [-0.2, 0) is 11.3 Å². The maximum atomic E-state index is 13.8. The summed E-state index contributed by atoms with van der Waals surface area (Å²) < 4.78 is 18.9. The van der Waals surface area contributed by atoms with E-state index in [4.69, 9.17) is 4.74 Å². The summed E-state index contributed by atoms with van der Waals surface area (Å²) in [6, 6.07) is 5.50. The zero-order valence-electron chi connectivity index (χ0n) is 11.9. The molecule has 1 fully saturated rings. The van der Waals surface area contributed by atoms with Gasteiger partial charge in [-0.25, -0.2) is 4.39 Å². The molecule has 0 N–H and O–H groups in total. The molecule has 19 heavy (non-hydrogen) atoms. The monoisotopic (exact) mass is 266 g/mol. The van der Waals surface area contributed by atoms with Gasteiger partial charge in [-0.15, -0.1) is 0 Å². The standard InChI is InChI=1S/C15H23FN2O/c1-13-3-4-14(15(16)11-13)12-18-7-5-17(6-8-18)9-10-19-2/h3-4,11H,5-10,12H2,1-2H3. The van der Waals surface area contributed by atoms with E-state index in [9.17, 15) is 4.39 Å². The van der Waals surface area contributed by atoms with Gasteiger partial charge < -0.3 is 4.74 Å². The molecule has 1 aromatic rings. The van der Waals surface area contributed by atoms with Gasteiger partial charge in [0.25, 0.3) is 0 Å². The van der Waals surface area contributed by atoms with Crippen molar-refractivity contribution in [3.05, 3.63) is 35.1 Å². The minimum absolute atomic E-state index is 0.0817. The van der Waals surface area contributed by atoms with Crippen LogP contribution in [0.1, 0.15) is 11.1 Å². The quantitative estimate of drug-likeness (QED) is 0.809. The van der Waals surface area contributed by atoms with Crippen molar-refractivity contribution in [3.63, 3.8) is 0 Å². The van der Waals surface area contributed by atoms with Gasteiger partial charge in [0, 0.05) is 51.9 Å². The summed E-state index contributed by atoms with van der Waals surface area (Å²) in [6.07, 6.45) is 0. The first-order valence-electron chi connectivity index (χ1n) is 6.87. The molecule has 0 atom stereocenters. The molecule has 106 valence electrons. The van der Waals surface area contributed by atoms with E-state index in [1.54, 1.807) is 13.2 Å². The second-order valence-corrected chi connectivity index (χ2v) is 5.21. The molecule has 0 unspecified atom stereocenters. The summed E-state index contributed by atoms with van der Waals surface area (Å²) in [5.74, 6) is -0.0817. The van der Waals surface area contributed by atoms with Crippen molar-refractivity contribution >= 4 is 0 Å². The normalized spacial score (nSPS) is 17.8. The Morgan fingerprint density at radius 1 is 1.16 bits per heavy atom. The third-order valence-corrected chi connectivity index (χ3v) is 3.68. The minimum atomic E-state index is -0.0817. The van der Waals surface area contributed by atoms with Crippen LogP contribution in [0, 0.1) is 12.7 Å². The van der Waals surface area contributed by atoms with Crippen molar-refractivity contribution in [1.82, 2.24) is 9.80 Å². The number of rotatable bonds is 5. The third kappa shape index (κ3) is 4.27. The van der Waals surface area contributed by atoms with Crippen LogP contribution in [0.25, 0.3) is 0 Å². The lowest BCUT2D eigenvalue weighted by molar-refractivity contribution is 0.0933. The molecule has 0 radical (unpaired) electrons. The first-order chi connectivity index (χ1) is 9.19. The fraction of sp³-hybridized carbons (Fsp3) is 0.600. The lowest BCUT2D eigenvalue weighted by Gasteiger charge is -2.34. The van der Waals surface area contributed by atoms with Gasteiger partial charge in [-0.1, -0.05) is 12.1 Å². The molecule has 2 rings (SSSR count). The Kier molecular flexibility index (Phi) is 5.31. The first-order valence-corrected chi connectivity index (χ1v) is 6.87. The van der Waals surface area contributed by atoms with Crippen LogP contribution < -0.4 is 0 Å². The van der Waals surface area contributed by atoms with Crippen molar-refractivity contribution in [2.75, 3.05) is 46.4 Å². The van der Waals surface area contributed by atoms with Gasteiger partial charge in [0.05, 0.1) is 6.61 Å². The van der Waals surface area contributed by atoms with Gasteiger partial charge in [0.2, 0.25) is 0 Å². The van der Waals surface area contributed by atoms with E-state index >= 15 is 0 Å². The Labute approximate surface area is 115 Å². The van der Waals surface area contributed by atoms with Gasteiger partial charge in [0.15, 0.2) is 0 Å². The molecular weight excluding hydrogens is 243 g/mol. The smallest absolute Gasteiger partial charge is 0.127 e. The highest BCUT2D eigenvalue weighted by atomic mass is 19.1. The second-order valence-electron chi connectivity index (χ2n) is 5.21. The summed E-state index contributed by atoms with van der Waals surface area (Å²) in [5, 5.41) is 0. The van der Waals surface area contributed by atoms with E-state index < -0.39 is 0 Å². The van der Waals surface area contributed by atoms with Gasteiger partial charge in [-0.3, -0.25) is 9.80 Å². The minimum Gasteiger partial charge on any atom is -0.383 e. The van der Waals surface area contributed by atoms with Crippen LogP contribution >= 0.6 is 0 Å². The zero-order chi connectivity index (χ0) is 13.7. The van der Waals surface area contributed by atoms with E-state index in [0.29, 0.717) is 6.54 Å². The van der Waals surface area contributed by atoms with Crippen LogP contribution in [0.15, 0.2) is 18.2 Å². The molecule has 0 saturated carbocycles. The average Bonchev–Trinajstić information content (AvgIpc) is 2.41. The number of hydrogen-bond donors (Lipinski definition) is 0. The van der Waals surface area contributed by atoms with Crippen LogP contribution in [0.3, 0.4) is 0 Å². The molecule has 1 heterocycles. The average molecular weight is 266 g/mol. The SMILES string of the molecule is COCCN1CCN(Cc2ccc(C)cc2F)CC1. The molecule has 0 spiro atoms. The number of aryl methyl sites for hydroxylation is 1. The van der Waals surface area contributed by atoms with Gasteiger partial charge in [0.1, 0.15) is 5.82 Å². The fourth-order valence-electron chi connectivity index (χ4n) is 2.41. The molecule has 0 bridgehead atoms. The van der Waals surface area contributed by atoms with Crippen LogP contribution in [-0.4, -0.2) is 56.2 Å². The molecule has 1 aliphatic heterocycles. The Morgan fingerprint density at radius 2 is 1.84 bits per heavy atom. The lowest BCUT2D eigenvalue weighted by Crippen LogP contribution is -2.46. The zero-order valence-corrected chi connectivity index (χ0v) is 11.9. The highest BCUT2D eigenvalue weighted by molar-refractivity contribution is 5.23. The topological polar surface area (TPSA) is 15.7 Å². The highest BCUT2D eigenvalue weighted by Crippen LogP contribution is 2.13. The van der Waals surface area contributed by atoms with Crippen molar-refractivity contribution < 1.29 is 9.13 Å². The van der Waals surface area contributed by atoms with Crippen molar-refractivity contribution in [2.45, 2.75) is 13.5 Å². The predicted molar refractivity (Wildman–Crippen MR) is 74.7 cm³/mol. The van der Waals surface area contributed by atoms with Crippen molar-refractivity contribution in [1.29, 1.82) is 0 Å². The number of halogens is 1. The number of methoxy groups -OCH3 is 1. The molecule has 0 aliphatic carbocycles. The van der Waals surface area contributed by atoms with E-state index in [1.165, 1.54) is 0 Å². The first kappa shape index (κ1) is 14.4. The van der Waals surface area contributed by atoms with Crippen LogP contribution in [0.5, 0.6) is 0 Å². The summed E-state index contributed by atoms with van der Waals surface area (Å²) in [5.41, 5.74) is 1.78. The van der Waals surface area contributed by atoms with Gasteiger partial charge >= 0.3 is 0 Å². The number of nitrogens with zero attached hydrogens (tertiary/aromatic N) is 2. The van der Waals surface area contributed by atoms with E-state index in [-0.39, 0.29) is 5.82 Å². The largest absolute Gasteiger partial charge is 0.383 e. The van der Waals surface area contributed by atoms with E-state index in [1.807, 2.05) is 19.1 Å². The Hall–Kier alpha value is -0.970. The molecule has 0 aromatic heterocycles. The van der Waals surface area contributed by atoms with Crippen LogP contribution in [0.4, 0.5) is 4.39 Å². The van der Waals surface area contributed by atoms with Gasteiger partial charge in [-0.2, -0.15) is 0 Å². The Morgan fingerprint density at radius 3 is 2.47 bits per heavy atom. The number of ether oxygens (including phenoxy) is 1. The molecule has 1 saturated heterocycles. The summed E-state index contributed by atoms with van der Waals surface area (Å²) in [7, 11) is 1.73. The Balaban J connectivity index is 1.82. The van der Waals surface area contributed by atoms with E-state index in [0.717, 1.165) is 50.5 Å². The highest BCUT2D eigenvalue weighted by Gasteiger charge is 2.17. The number of benzene rings is 1. The summed E-state index contributed by atoms with van der Waals surface area (Å²) in [4.78, 5) is 4.71. The predicted octanol–water partition coefficient (Wildman–Crippen LogP) is 1.90. The molecule has 1 aliphatic rings. The third-order valence-electron chi connectivity index (χ3n) is 3.68. The molecule has 4 heteroatoms. The number of piperazine rings is 1. The van der Waals surface area contributed by atoms with Crippen molar-refractivity contribution in [2.24, 2.45) is 0 Å². The van der Waals surface area contributed by atoms with E-state index in [2.05, 4.69) is 9.80 Å². The lowest BCUT2D eigenvalue weighted by atomic mass is 10.1. The van der Waals surface area contributed by atoms with Crippen LogP contribution in [0.2, 0.25) is 0 Å². The summed E-state index contributed by atoms with van der Waals surface area (Å²) in [6.45, 7) is 8.48. The Bertz CT molecular complexity index is 403. The maximum Gasteiger partial charge on any atom is 0.127 e.